The minimum atomic E-state index is -0.558. The van der Waals surface area contributed by atoms with Crippen molar-refractivity contribution in [3.63, 3.8) is 0 Å². The highest BCUT2D eigenvalue weighted by Crippen LogP contribution is 2.12. The van der Waals surface area contributed by atoms with Crippen molar-refractivity contribution in [2.24, 2.45) is 0 Å². The molecular formula is C21H35N3O3. The van der Waals surface area contributed by atoms with Gasteiger partial charge in [0.2, 0.25) is 5.91 Å². The van der Waals surface area contributed by atoms with Crippen LogP contribution in [0.5, 0.6) is 0 Å². The summed E-state index contributed by atoms with van der Waals surface area (Å²) in [5.41, 5.74) is 3.70. The zero-order valence-electron chi connectivity index (χ0n) is 17.5. The molecule has 6 nitrogen and oxygen atoms in total. The van der Waals surface area contributed by atoms with Gasteiger partial charge in [-0.05, 0) is 59.9 Å². The molecule has 152 valence electrons. The molecule has 2 N–H and O–H groups in total. The van der Waals surface area contributed by atoms with Gasteiger partial charge in [-0.3, -0.25) is 9.80 Å². The van der Waals surface area contributed by atoms with Gasteiger partial charge in [0.1, 0.15) is 5.60 Å². The summed E-state index contributed by atoms with van der Waals surface area (Å²) in [6.45, 7) is 12.0. The molecule has 1 atom stereocenters. The largest absolute Gasteiger partial charge is 0.444 e. The van der Waals surface area contributed by atoms with Crippen molar-refractivity contribution in [3.05, 3.63) is 35.9 Å². The Bertz CT molecular complexity index is 582. The van der Waals surface area contributed by atoms with Gasteiger partial charge in [0.05, 0.1) is 0 Å². The number of carbonyl (C=O) groups excluding carboxylic acids is 2. The van der Waals surface area contributed by atoms with Gasteiger partial charge in [-0.15, -0.1) is 0 Å². The number of nitrogens with one attached hydrogen (secondary N) is 2. The van der Waals surface area contributed by atoms with Crippen molar-refractivity contribution in [1.29, 1.82) is 0 Å². The van der Waals surface area contributed by atoms with Crippen molar-refractivity contribution >= 4 is 12.0 Å². The summed E-state index contributed by atoms with van der Waals surface area (Å²) in [6.07, 6.45) is 1.09. The Kier molecular flexibility index (Phi) is 9.29. The topological polar surface area (TPSA) is 70.7 Å². The number of carbonyl (C=O) groups is 2. The van der Waals surface area contributed by atoms with Gasteiger partial charge in [0.25, 0.3) is 0 Å². The average Bonchev–Trinajstić information content (AvgIpc) is 2.56. The van der Waals surface area contributed by atoms with Gasteiger partial charge in [-0.2, -0.15) is 0 Å². The summed E-state index contributed by atoms with van der Waals surface area (Å²) in [5.74, 6) is 0.0234. The number of rotatable bonds is 9. The molecule has 1 rings (SSSR count). The molecule has 0 aromatic heterocycles. The van der Waals surface area contributed by atoms with Crippen LogP contribution in [0.2, 0.25) is 0 Å². The molecular weight excluding hydrogens is 342 g/mol. The first kappa shape index (κ1) is 23.0. The Morgan fingerprint density at radius 1 is 1.15 bits per heavy atom. The van der Waals surface area contributed by atoms with Crippen LogP contribution in [0.25, 0.3) is 0 Å². The second-order valence-corrected chi connectivity index (χ2v) is 7.99. The summed E-state index contributed by atoms with van der Waals surface area (Å²) >= 11 is 0. The number of ether oxygens (including phenoxy) is 1. The number of hydrogen-bond donors (Lipinski definition) is 2. The zero-order valence-corrected chi connectivity index (χ0v) is 17.5. The van der Waals surface area contributed by atoms with Crippen LogP contribution in [0.1, 0.15) is 59.9 Å². The lowest BCUT2D eigenvalue weighted by Gasteiger charge is -2.26. The molecule has 0 saturated carbocycles. The number of nitrogens with zero attached hydrogens (tertiary/aromatic N) is 1. The normalized spacial score (nSPS) is 12.6. The molecule has 2 amide bonds. The first-order valence-corrected chi connectivity index (χ1v) is 9.70. The van der Waals surface area contributed by atoms with E-state index in [-0.39, 0.29) is 18.0 Å². The van der Waals surface area contributed by atoms with Crippen LogP contribution in [-0.4, -0.2) is 41.2 Å². The number of amides is 2. The van der Waals surface area contributed by atoms with E-state index in [0.29, 0.717) is 25.8 Å². The standard InChI is InChI=1S/C21H35N3O3/c1-7-24(23-16(2)3)19(25)14-13-18(15-17-11-9-8-10-12-17)22-20(26)27-21(4,5)6/h8-12,16,18,23H,7,13-15H2,1-6H3,(H,22,26)/t18-/m1/s1. The molecule has 1 aromatic carbocycles. The third kappa shape index (κ3) is 9.99. The number of hydrogen-bond acceptors (Lipinski definition) is 4. The first-order valence-electron chi connectivity index (χ1n) is 9.70. The summed E-state index contributed by atoms with van der Waals surface area (Å²) in [7, 11) is 0. The molecule has 0 aliphatic carbocycles. The highest BCUT2D eigenvalue weighted by molar-refractivity contribution is 5.75. The lowest BCUT2D eigenvalue weighted by molar-refractivity contribution is -0.135. The molecule has 0 fully saturated rings. The van der Waals surface area contributed by atoms with E-state index in [1.54, 1.807) is 5.01 Å². The fraction of sp³-hybridized carbons (Fsp3) is 0.619. The lowest BCUT2D eigenvalue weighted by Crippen LogP contribution is -2.47. The van der Waals surface area contributed by atoms with Crippen molar-refractivity contribution in [2.45, 2.75) is 78.5 Å². The molecule has 1 aromatic rings. The molecule has 0 bridgehead atoms. The molecule has 0 radical (unpaired) electrons. The molecule has 0 heterocycles. The number of hydrazine groups is 1. The van der Waals surface area contributed by atoms with Crippen LogP contribution < -0.4 is 10.7 Å². The Morgan fingerprint density at radius 2 is 1.78 bits per heavy atom. The predicted octanol–water partition coefficient (Wildman–Crippen LogP) is 3.66. The average molecular weight is 378 g/mol. The van der Waals surface area contributed by atoms with E-state index in [2.05, 4.69) is 10.7 Å². The Hall–Kier alpha value is -2.08. The molecule has 6 heteroatoms. The van der Waals surface area contributed by atoms with Crippen LogP contribution in [0.15, 0.2) is 30.3 Å². The van der Waals surface area contributed by atoms with Crippen molar-refractivity contribution < 1.29 is 14.3 Å². The maximum absolute atomic E-state index is 12.5. The van der Waals surface area contributed by atoms with E-state index in [0.717, 1.165) is 5.56 Å². The van der Waals surface area contributed by atoms with E-state index >= 15 is 0 Å². The van der Waals surface area contributed by atoms with Crippen molar-refractivity contribution in [1.82, 2.24) is 15.8 Å². The Morgan fingerprint density at radius 3 is 2.30 bits per heavy atom. The molecule has 0 spiro atoms. The minimum absolute atomic E-state index is 0.0234. The lowest BCUT2D eigenvalue weighted by atomic mass is 10.0. The summed E-state index contributed by atoms with van der Waals surface area (Å²) in [5, 5.41) is 4.56. The van der Waals surface area contributed by atoms with E-state index in [1.165, 1.54) is 0 Å². The van der Waals surface area contributed by atoms with Crippen molar-refractivity contribution in [3.8, 4) is 0 Å². The fourth-order valence-electron chi connectivity index (χ4n) is 2.68. The summed E-state index contributed by atoms with van der Waals surface area (Å²) in [4.78, 5) is 24.7. The summed E-state index contributed by atoms with van der Waals surface area (Å²) in [6, 6.07) is 9.94. The van der Waals surface area contributed by atoms with E-state index < -0.39 is 11.7 Å². The van der Waals surface area contributed by atoms with E-state index in [9.17, 15) is 9.59 Å². The second kappa shape index (κ2) is 10.9. The van der Waals surface area contributed by atoms with Gasteiger partial charge >= 0.3 is 6.09 Å². The first-order chi connectivity index (χ1) is 12.6. The summed E-state index contributed by atoms with van der Waals surface area (Å²) < 4.78 is 5.38. The van der Waals surface area contributed by atoms with Crippen LogP contribution >= 0.6 is 0 Å². The molecule has 27 heavy (non-hydrogen) atoms. The number of alkyl carbamates (subject to hydrolysis) is 1. The van der Waals surface area contributed by atoms with Crippen LogP contribution in [0.4, 0.5) is 4.79 Å². The third-order valence-electron chi connectivity index (χ3n) is 3.78. The SMILES string of the molecule is CCN(NC(C)C)C(=O)CC[C@H](Cc1ccccc1)NC(=O)OC(C)(C)C. The van der Waals surface area contributed by atoms with Gasteiger partial charge < -0.3 is 10.1 Å². The van der Waals surface area contributed by atoms with Crippen LogP contribution in [-0.2, 0) is 16.0 Å². The third-order valence-corrected chi connectivity index (χ3v) is 3.78. The maximum Gasteiger partial charge on any atom is 0.407 e. The van der Waals surface area contributed by atoms with Crippen molar-refractivity contribution in [2.75, 3.05) is 6.54 Å². The predicted molar refractivity (Wildman–Crippen MR) is 108 cm³/mol. The monoisotopic (exact) mass is 377 g/mol. The fourth-order valence-corrected chi connectivity index (χ4v) is 2.68. The van der Waals surface area contributed by atoms with Gasteiger partial charge in [-0.1, -0.05) is 30.3 Å². The van der Waals surface area contributed by atoms with E-state index in [1.807, 2.05) is 71.9 Å². The molecule has 0 aliphatic heterocycles. The molecule has 0 saturated heterocycles. The highest BCUT2D eigenvalue weighted by Gasteiger charge is 2.21. The Balaban J connectivity index is 2.72. The van der Waals surface area contributed by atoms with Crippen LogP contribution in [0.3, 0.4) is 0 Å². The van der Waals surface area contributed by atoms with Crippen LogP contribution in [0, 0.1) is 0 Å². The van der Waals surface area contributed by atoms with Gasteiger partial charge in [0, 0.05) is 25.0 Å². The highest BCUT2D eigenvalue weighted by atomic mass is 16.6. The van der Waals surface area contributed by atoms with Gasteiger partial charge in [0.15, 0.2) is 0 Å². The number of benzene rings is 1. The smallest absolute Gasteiger partial charge is 0.407 e. The van der Waals surface area contributed by atoms with Gasteiger partial charge in [-0.25, -0.2) is 10.2 Å². The maximum atomic E-state index is 12.5. The minimum Gasteiger partial charge on any atom is -0.444 e. The second-order valence-electron chi connectivity index (χ2n) is 7.99. The quantitative estimate of drug-likeness (QED) is 0.644. The molecule has 0 aliphatic rings. The zero-order chi connectivity index (χ0) is 20.4. The van der Waals surface area contributed by atoms with E-state index in [4.69, 9.17) is 4.74 Å². The molecule has 0 unspecified atom stereocenters. The Labute approximate surface area is 163 Å².